The number of aryl methyl sites for hydroxylation is 1. The standard InChI is InChI=1S/C34H26N2/c1-24-16-18-25(19-17-24)29-21-30(35-33(22-29)26-10-4-2-5-11-26)23-31-20-28-14-8-9-15-32(28)34(36-31)27-12-6-3-7-13-27/h2-22H,23H2,1H3. The number of fused-ring (bicyclic) bond motifs is 1. The summed E-state index contributed by atoms with van der Waals surface area (Å²) in [6.45, 7) is 2.12. The molecule has 0 aliphatic rings. The molecule has 0 amide bonds. The fourth-order valence-electron chi connectivity index (χ4n) is 4.69. The molecule has 0 atom stereocenters. The molecular formula is C34H26N2. The Morgan fingerprint density at radius 3 is 1.89 bits per heavy atom. The lowest BCUT2D eigenvalue weighted by Crippen LogP contribution is -2.00. The van der Waals surface area contributed by atoms with Crippen LogP contribution in [0.25, 0.3) is 44.4 Å². The maximum Gasteiger partial charge on any atom is 0.0783 e. The van der Waals surface area contributed by atoms with E-state index in [0.717, 1.165) is 33.9 Å². The van der Waals surface area contributed by atoms with E-state index in [9.17, 15) is 0 Å². The van der Waals surface area contributed by atoms with Crippen LogP contribution >= 0.6 is 0 Å². The molecule has 6 rings (SSSR count). The Bertz CT molecular complexity index is 1640. The molecule has 0 saturated heterocycles. The largest absolute Gasteiger partial charge is 0.252 e. The summed E-state index contributed by atoms with van der Waals surface area (Å²) < 4.78 is 0. The van der Waals surface area contributed by atoms with E-state index in [4.69, 9.17) is 9.97 Å². The Kier molecular flexibility index (Phi) is 5.85. The highest BCUT2D eigenvalue weighted by molar-refractivity contribution is 5.94. The monoisotopic (exact) mass is 462 g/mol. The van der Waals surface area contributed by atoms with Crippen molar-refractivity contribution in [3.63, 3.8) is 0 Å². The molecule has 0 saturated carbocycles. The molecular weight excluding hydrogens is 436 g/mol. The number of pyridine rings is 2. The van der Waals surface area contributed by atoms with E-state index in [-0.39, 0.29) is 0 Å². The van der Waals surface area contributed by atoms with Crippen molar-refractivity contribution in [2.45, 2.75) is 13.3 Å². The summed E-state index contributed by atoms with van der Waals surface area (Å²) in [4.78, 5) is 10.2. The maximum atomic E-state index is 5.14. The average molecular weight is 463 g/mol. The zero-order valence-electron chi connectivity index (χ0n) is 20.2. The summed E-state index contributed by atoms with van der Waals surface area (Å²) in [5, 5.41) is 2.36. The molecule has 4 aromatic carbocycles. The highest BCUT2D eigenvalue weighted by Gasteiger charge is 2.12. The molecule has 2 aromatic heterocycles. The molecule has 0 aliphatic heterocycles. The summed E-state index contributed by atoms with van der Waals surface area (Å²) in [6.07, 6.45) is 0.657. The third-order valence-corrected chi connectivity index (χ3v) is 6.54. The number of nitrogens with zero attached hydrogens (tertiary/aromatic N) is 2. The minimum absolute atomic E-state index is 0.657. The fraction of sp³-hybridized carbons (Fsp3) is 0.0588. The minimum Gasteiger partial charge on any atom is -0.252 e. The third-order valence-electron chi connectivity index (χ3n) is 6.54. The first-order chi connectivity index (χ1) is 17.7. The van der Waals surface area contributed by atoms with Gasteiger partial charge in [-0.3, -0.25) is 9.97 Å². The van der Waals surface area contributed by atoms with Gasteiger partial charge in [-0.15, -0.1) is 0 Å². The lowest BCUT2D eigenvalue weighted by atomic mass is 9.99. The van der Waals surface area contributed by atoms with E-state index in [1.165, 1.54) is 27.5 Å². The second-order valence-electron chi connectivity index (χ2n) is 9.19. The van der Waals surface area contributed by atoms with Crippen LogP contribution in [0.3, 0.4) is 0 Å². The van der Waals surface area contributed by atoms with Gasteiger partial charge in [-0.05, 0) is 41.6 Å². The molecule has 2 nitrogen and oxygen atoms in total. The van der Waals surface area contributed by atoms with Crippen LogP contribution in [0.5, 0.6) is 0 Å². The van der Waals surface area contributed by atoms with Crippen LogP contribution in [0.2, 0.25) is 0 Å². The van der Waals surface area contributed by atoms with Crippen molar-refractivity contribution in [2.75, 3.05) is 0 Å². The Morgan fingerprint density at radius 2 is 1.14 bits per heavy atom. The zero-order chi connectivity index (χ0) is 24.3. The van der Waals surface area contributed by atoms with Gasteiger partial charge in [0.15, 0.2) is 0 Å². The van der Waals surface area contributed by atoms with E-state index in [1.54, 1.807) is 0 Å². The predicted octanol–water partition coefficient (Wildman–Crippen LogP) is 8.53. The molecule has 0 unspecified atom stereocenters. The first-order valence-electron chi connectivity index (χ1n) is 12.3. The van der Waals surface area contributed by atoms with Crippen molar-refractivity contribution in [3.8, 4) is 33.6 Å². The van der Waals surface area contributed by atoms with Gasteiger partial charge in [0.1, 0.15) is 0 Å². The summed E-state index contributed by atoms with van der Waals surface area (Å²) in [5.41, 5.74) is 9.88. The molecule has 0 aliphatic carbocycles. The Labute approximate surface area is 212 Å². The highest BCUT2D eigenvalue weighted by atomic mass is 14.8. The van der Waals surface area contributed by atoms with Crippen LogP contribution in [0.1, 0.15) is 17.0 Å². The molecule has 0 N–H and O–H groups in total. The number of rotatable bonds is 5. The van der Waals surface area contributed by atoms with Crippen LogP contribution in [-0.4, -0.2) is 9.97 Å². The van der Waals surface area contributed by atoms with Gasteiger partial charge < -0.3 is 0 Å². The minimum atomic E-state index is 0.657. The normalized spacial score (nSPS) is 11.0. The first-order valence-corrected chi connectivity index (χ1v) is 12.3. The number of aromatic nitrogens is 2. The van der Waals surface area contributed by atoms with Gasteiger partial charge in [0.05, 0.1) is 11.4 Å². The zero-order valence-corrected chi connectivity index (χ0v) is 20.2. The van der Waals surface area contributed by atoms with E-state index in [1.807, 2.05) is 12.1 Å². The second kappa shape index (κ2) is 9.59. The topological polar surface area (TPSA) is 25.8 Å². The summed E-state index contributed by atoms with van der Waals surface area (Å²) in [5.74, 6) is 0. The molecule has 0 fully saturated rings. The summed E-state index contributed by atoms with van der Waals surface area (Å²) in [7, 11) is 0. The van der Waals surface area contributed by atoms with E-state index >= 15 is 0 Å². The van der Waals surface area contributed by atoms with Crippen molar-refractivity contribution in [1.29, 1.82) is 0 Å². The van der Waals surface area contributed by atoms with E-state index in [0.29, 0.717) is 6.42 Å². The Hall–Kier alpha value is -4.56. The highest BCUT2D eigenvalue weighted by Crippen LogP contribution is 2.30. The molecule has 0 radical (unpaired) electrons. The summed E-state index contributed by atoms with van der Waals surface area (Å²) in [6, 6.07) is 44.6. The second-order valence-corrected chi connectivity index (χ2v) is 9.19. The van der Waals surface area contributed by atoms with Gasteiger partial charge >= 0.3 is 0 Å². The van der Waals surface area contributed by atoms with Crippen LogP contribution in [0.4, 0.5) is 0 Å². The molecule has 0 spiro atoms. The number of hydrogen-bond donors (Lipinski definition) is 0. The Balaban J connectivity index is 1.48. The van der Waals surface area contributed by atoms with Crippen molar-refractivity contribution in [2.24, 2.45) is 0 Å². The molecule has 6 aromatic rings. The van der Waals surface area contributed by atoms with Gasteiger partial charge in [-0.1, -0.05) is 115 Å². The molecule has 0 bridgehead atoms. The lowest BCUT2D eigenvalue weighted by molar-refractivity contribution is 1.02. The quantitative estimate of drug-likeness (QED) is 0.256. The third kappa shape index (κ3) is 4.54. The van der Waals surface area contributed by atoms with Gasteiger partial charge in [-0.25, -0.2) is 0 Å². The predicted molar refractivity (Wildman–Crippen MR) is 150 cm³/mol. The van der Waals surface area contributed by atoms with Gasteiger partial charge in [0.25, 0.3) is 0 Å². The molecule has 2 heterocycles. The van der Waals surface area contributed by atoms with Crippen LogP contribution in [-0.2, 0) is 6.42 Å². The molecule has 36 heavy (non-hydrogen) atoms. The van der Waals surface area contributed by atoms with Crippen LogP contribution in [0, 0.1) is 6.92 Å². The van der Waals surface area contributed by atoms with E-state index in [2.05, 4.69) is 122 Å². The van der Waals surface area contributed by atoms with Gasteiger partial charge in [-0.2, -0.15) is 0 Å². The smallest absolute Gasteiger partial charge is 0.0783 e. The number of benzene rings is 4. The van der Waals surface area contributed by atoms with Crippen molar-refractivity contribution in [3.05, 3.63) is 144 Å². The Morgan fingerprint density at radius 1 is 0.500 bits per heavy atom. The van der Waals surface area contributed by atoms with Crippen molar-refractivity contribution in [1.82, 2.24) is 9.97 Å². The average Bonchev–Trinajstić information content (AvgIpc) is 2.94. The fourth-order valence-corrected chi connectivity index (χ4v) is 4.69. The lowest BCUT2D eigenvalue weighted by Gasteiger charge is -2.12. The van der Waals surface area contributed by atoms with Crippen LogP contribution < -0.4 is 0 Å². The molecule has 172 valence electrons. The maximum absolute atomic E-state index is 5.14. The van der Waals surface area contributed by atoms with E-state index < -0.39 is 0 Å². The summed E-state index contributed by atoms with van der Waals surface area (Å²) >= 11 is 0. The van der Waals surface area contributed by atoms with Gasteiger partial charge in [0.2, 0.25) is 0 Å². The molecule has 2 heteroatoms. The van der Waals surface area contributed by atoms with Crippen molar-refractivity contribution >= 4 is 10.8 Å². The van der Waals surface area contributed by atoms with Gasteiger partial charge in [0, 0.05) is 34.3 Å². The SMILES string of the molecule is Cc1ccc(-c2cc(Cc3cc4ccccc4c(-c4ccccc4)n3)nc(-c3ccccc3)c2)cc1. The van der Waals surface area contributed by atoms with Crippen molar-refractivity contribution < 1.29 is 0 Å². The van der Waals surface area contributed by atoms with Crippen LogP contribution in [0.15, 0.2) is 127 Å². The number of hydrogen-bond acceptors (Lipinski definition) is 2. The first kappa shape index (κ1) is 21.9.